The number of nitrogens with one attached hydrogen (secondary N) is 1. The molecular weight excluding hydrogens is 320 g/mol. The monoisotopic (exact) mass is 340 g/mol. The minimum Gasteiger partial charge on any atom is -0.290 e. The molecule has 0 unspecified atom stereocenters. The lowest BCUT2D eigenvalue weighted by Crippen LogP contribution is -2.15. The van der Waals surface area contributed by atoms with Crippen LogP contribution in [0.4, 0.5) is 0 Å². The van der Waals surface area contributed by atoms with E-state index >= 15 is 0 Å². The van der Waals surface area contributed by atoms with Crippen LogP contribution in [-0.4, -0.2) is 9.78 Å². The maximum Gasteiger partial charge on any atom is 0.279 e. The third-order valence-corrected chi connectivity index (χ3v) is 4.59. The first-order valence-corrected chi connectivity index (χ1v) is 8.68. The van der Waals surface area contributed by atoms with Crippen LogP contribution in [0.1, 0.15) is 11.1 Å². The van der Waals surface area contributed by atoms with E-state index in [0.717, 1.165) is 22.5 Å². The molecule has 1 aromatic heterocycles. The number of aromatic amines is 1. The summed E-state index contributed by atoms with van der Waals surface area (Å²) in [4.78, 5) is 13.2. The van der Waals surface area contributed by atoms with E-state index in [1.807, 2.05) is 73.7 Å². The van der Waals surface area contributed by atoms with Crippen LogP contribution in [0.3, 0.4) is 0 Å². The standard InChI is InChI=1S/C23H20N2O/c1-16-8-12-18(13-9-16)21-22(19-14-10-17(2)11-15-19)24-25(23(21)26)20-6-4-3-5-7-20/h3-15,24H,1-2H3. The van der Waals surface area contributed by atoms with Gasteiger partial charge in [-0.15, -0.1) is 0 Å². The van der Waals surface area contributed by atoms with E-state index in [-0.39, 0.29) is 5.56 Å². The van der Waals surface area contributed by atoms with Gasteiger partial charge in [0.1, 0.15) is 0 Å². The highest BCUT2D eigenvalue weighted by Gasteiger charge is 2.18. The van der Waals surface area contributed by atoms with Crippen molar-refractivity contribution in [2.45, 2.75) is 13.8 Å². The predicted octanol–water partition coefficient (Wildman–Crippen LogP) is 5.12. The van der Waals surface area contributed by atoms with Crippen molar-refractivity contribution in [1.29, 1.82) is 0 Å². The van der Waals surface area contributed by atoms with Crippen molar-refractivity contribution in [2.75, 3.05) is 0 Å². The van der Waals surface area contributed by atoms with E-state index in [4.69, 9.17) is 0 Å². The molecule has 0 radical (unpaired) electrons. The van der Waals surface area contributed by atoms with Crippen molar-refractivity contribution < 1.29 is 0 Å². The summed E-state index contributed by atoms with van der Waals surface area (Å²) in [6.07, 6.45) is 0. The molecule has 0 bridgehead atoms. The van der Waals surface area contributed by atoms with Crippen LogP contribution in [0.5, 0.6) is 0 Å². The van der Waals surface area contributed by atoms with Crippen molar-refractivity contribution in [1.82, 2.24) is 9.78 Å². The summed E-state index contributed by atoms with van der Waals surface area (Å²) in [6, 6.07) is 26.0. The lowest BCUT2D eigenvalue weighted by atomic mass is 10.00. The first-order valence-electron chi connectivity index (χ1n) is 8.68. The summed E-state index contributed by atoms with van der Waals surface area (Å²) < 4.78 is 1.62. The Morgan fingerprint density at radius 3 is 1.81 bits per heavy atom. The van der Waals surface area contributed by atoms with Gasteiger partial charge in [-0.2, -0.15) is 0 Å². The molecule has 4 aromatic rings. The molecule has 0 saturated heterocycles. The molecule has 3 heteroatoms. The molecular formula is C23H20N2O. The van der Waals surface area contributed by atoms with Crippen LogP contribution < -0.4 is 5.56 Å². The maximum atomic E-state index is 13.2. The number of aromatic nitrogens is 2. The van der Waals surface area contributed by atoms with E-state index in [1.54, 1.807) is 4.68 Å². The van der Waals surface area contributed by atoms with Crippen LogP contribution in [-0.2, 0) is 0 Å². The van der Waals surface area contributed by atoms with E-state index in [2.05, 4.69) is 24.2 Å². The topological polar surface area (TPSA) is 37.8 Å². The third kappa shape index (κ3) is 2.88. The number of nitrogens with zero attached hydrogens (tertiary/aromatic N) is 1. The highest BCUT2D eigenvalue weighted by Crippen LogP contribution is 2.29. The summed E-state index contributed by atoms with van der Waals surface area (Å²) in [6.45, 7) is 4.10. The second-order valence-corrected chi connectivity index (χ2v) is 6.57. The Balaban J connectivity index is 1.98. The summed E-state index contributed by atoms with van der Waals surface area (Å²) in [5.41, 5.74) is 6.58. The second kappa shape index (κ2) is 6.52. The Kier molecular flexibility index (Phi) is 4.05. The van der Waals surface area contributed by atoms with E-state index in [1.165, 1.54) is 11.1 Å². The second-order valence-electron chi connectivity index (χ2n) is 6.57. The average Bonchev–Trinajstić information content (AvgIpc) is 3.01. The van der Waals surface area contributed by atoms with Gasteiger partial charge in [-0.3, -0.25) is 9.89 Å². The molecule has 0 saturated carbocycles. The van der Waals surface area contributed by atoms with Crippen molar-refractivity contribution in [3.05, 3.63) is 100 Å². The summed E-state index contributed by atoms with van der Waals surface area (Å²) in [7, 11) is 0. The average molecular weight is 340 g/mol. The highest BCUT2D eigenvalue weighted by atomic mass is 16.1. The minimum absolute atomic E-state index is 0.0457. The summed E-state index contributed by atoms with van der Waals surface area (Å²) in [5, 5.41) is 3.32. The van der Waals surface area contributed by atoms with Gasteiger partial charge in [0.2, 0.25) is 0 Å². The van der Waals surface area contributed by atoms with Gasteiger partial charge in [0, 0.05) is 5.56 Å². The van der Waals surface area contributed by atoms with E-state index in [9.17, 15) is 4.79 Å². The van der Waals surface area contributed by atoms with Crippen LogP contribution in [0.25, 0.3) is 28.1 Å². The lowest BCUT2D eigenvalue weighted by molar-refractivity contribution is 0.853. The molecule has 1 heterocycles. The first kappa shape index (κ1) is 16.2. The molecule has 0 aliphatic rings. The fourth-order valence-electron chi connectivity index (χ4n) is 3.11. The summed E-state index contributed by atoms with van der Waals surface area (Å²) >= 11 is 0. The van der Waals surface area contributed by atoms with Gasteiger partial charge in [-0.05, 0) is 31.5 Å². The number of aryl methyl sites for hydroxylation is 2. The van der Waals surface area contributed by atoms with Gasteiger partial charge in [0.25, 0.3) is 5.56 Å². The lowest BCUT2D eigenvalue weighted by Gasteiger charge is -2.04. The van der Waals surface area contributed by atoms with Gasteiger partial charge in [-0.25, -0.2) is 4.68 Å². The molecule has 4 rings (SSSR count). The van der Waals surface area contributed by atoms with E-state index in [0.29, 0.717) is 5.56 Å². The number of benzene rings is 3. The maximum absolute atomic E-state index is 13.2. The molecule has 0 amide bonds. The fraction of sp³-hybridized carbons (Fsp3) is 0.0870. The van der Waals surface area contributed by atoms with Crippen LogP contribution in [0, 0.1) is 13.8 Å². The zero-order valence-corrected chi connectivity index (χ0v) is 14.9. The van der Waals surface area contributed by atoms with Crippen molar-refractivity contribution in [3.63, 3.8) is 0 Å². The number of para-hydroxylation sites is 1. The molecule has 3 nitrogen and oxygen atoms in total. The van der Waals surface area contributed by atoms with Crippen LogP contribution in [0.2, 0.25) is 0 Å². The molecule has 0 fully saturated rings. The zero-order chi connectivity index (χ0) is 18.1. The van der Waals surface area contributed by atoms with Gasteiger partial charge in [0.05, 0.1) is 16.9 Å². The van der Waals surface area contributed by atoms with Gasteiger partial charge >= 0.3 is 0 Å². The molecule has 0 aliphatic carbocycles. The van der Waals surface area contributed by atoms with Gasteiger partial charge < -0.3 is 0 Å². The SMILES string of the molecule is Cc1ccc(-c2[nH]n(-c3ccccc3)c(=O)c2-c2ccc(C)cc2)cc1. The largest absolute Gasteiger partial charge is 0.290 e. The first-order chi connectivity index (χ1) is 12.6. The Morgan fingerprint density at radius 1 is 0.692 bits per heavy atom. The molecule has 3 aromatic carbocycles. The predicted molar refractivity (Wildman–Crippen MR) is 107 cm³/mol. The smallest absolute Gasteiger partial charge is 0.279 e. The normalized spacial score (nSPS) is 10.8. The van der Waals surface area contributed by atoms with Crippen LogP contribution >= 0.6 is 0 Å². The molecule has 0 spiro atoms. The molecule has 1 N–H and O–H groups in total. The zero-order valence-electron chi connectivity index (χ0n) is 14.9. The van der Waals surface area contributed by atoms with Crippen molar-refractivity contribution in [3.8, 4) is 28.1 Å². The molecule has 128 valence electrons. The molecule has 0 atom stereocenters. The van der Waals surface area contributed by atoms with Crippen molar-refractivity contribution >= 4 is 0 Å². The molecule has 26 heavy (non-hydrogen) atoms. The highest BCUT2D eigenvalue weighted by molar-refractivity contribution is 5.80. The van der Waals surface area contributed by atoms with Gasteiger partial charge in [0.15, 0.2) is 0 Å². The Labute approximate surface area is 152 Å². The number of hydrogen-bond donors (Lipinski definition) is 1. The number of H-pyrrole nitrogens is 1. The number of rotatable bonds is 3. The number of hydrogen-bond acceptors (Lipinski definition) is 1. The Bertz CT molecular complexity index is 1090. The minimum atomic E-state index is -0.0457. The van der Waals surface area contributed by atoms with Gasteiger partial charge in [-0.1, -0.05) is 77.9 Å². The Morgan fingerprint density at radius 2 is 1.23 bits per heavy atom. The summed E-state index contributed by atoms with van der Waals surface area (Å²) in [5.74, 6) is 0. The quantitative estimate of drug-likeness (QED) is 0.552. The van der Waals surface area contributed by atoms with Crippen molar-refractivity contribution in [2.24, 2.45) is 0 Å². The third-order valence-electron chi connectivity index (χ3n) is 4.59. The molecule has 0 aliphatic heterocycles. The fourth-order valence-corrected chi connectivity index (χ4v) is 3.11. The Hall–Kier alpha value is -3.33. The van der Waals surface area contributed by atoms with E-state index < -0.39 is 0 Å². The van der Waals surface area contributed by atoms with Crippen LogP contribution in [0.15, 0.2) is 83.7 Å².